The van der Waals surface area contributed by atoms with Crippen molar-refractivity contribution < 1.29 is 28.7 Å². The summed E-state index contributed by atoms with van der Waals surface area (Å²) in [4.78, 5) is 71.6. The van der Waals surface area contributed by atoms with Gasteiger partial charge in [-0.1, -0.05) is 71.9 Å². The van der Waals surface area contributed by atoms with Crippen LogP contribution in [0.3, 0.4) is 0 Å². The molecule has 2 heterocycles. The van der Waals surface area contributed by atoms with Crippen molar-refractivity contribution in [1.82, 2.24) is 20.5 Å². The van der Waals surface area contributed by atoms with Crippen LogP contribution in [0.2, 0.25) is 0 Å². The number of aromatic nitrogens is 1. The number of hydrogen-bond acceptors (Lipinski definition) is 7. The van der Waals surface area contributed by atoms with Gasteiger partial charge in [-0.3, -0.25) is 19.2 Å². The zero-order valence-electron chi connectivity index (χ0n) is 26.9. The smallest absolute Gasteiger partial charge is 0.330 e. The molecule has 1 fully saturated rings. The minimum absolute atomic E-state index is 0.000979. The molecule has 0 aliphatic carbocycles. The summed E-state index contributed by atoms with van der Waals surface area (Å²) in [5.74, 6) is -1.91. The van der Waals surface area contributed by atoms with Crippen LogP contribution in [-0.4, -0.2) is 70.6 Å². The Hall–Kier alpha value is -4.08. The molecule has 3 rings (SSSR count). The molecule has 44 heavy (non-hydrogen) atoms. The summed E-state index contributed by atoms with van der Waals surface area (Å²) < 4.78 is 4.96. The summed E-state index contributed by atoms with van der Waals surface area (Å²) in [6.07, 6.45) is 4.01. The number of hydrogen-bond donors (Lipinski definition) is 2. The molecule has 0 saturated carbocycles. The minimum Gasteiger partial charge on any atom is -0.463 e. The molecule has 1 saturated heterocycles. The van der Waals surface area contributed by atoms with Gasteiger partial charge in [0.2, 0.25) is 11.8 Å². The Labute approximate surface area is 260 Å². The maximum absolute atomic E-state index is 14.0. The average Bonchev–Trinajstić information content (AvgIpc) is 3.43. The summed E-state index contributed by atoms with van der Waals surface area (Å²) in [7, 11) is 0. The minimum atomic E-state index is -0.926. The predicted molar refractivity (Wildman–Crippen MR) is 169 cm³/mol. The monoisotopic (exact) mass is 606 g/mol. The summed E-state index contributed by atoms with van der Waals surface area (Å²) in [6.45, 7) is 13.7. The van der Waals surface area contributed by atoms with Gasteiger partial charge in [0.25, 0.3) is 5.91 Å². The van der Waals surface area contributed by atoms with Crippen LogP contribution in [0.4, 0.5) is 0 Å². The van der Waals surface area contributed by atoms with Crippen LogP contribution in [0.15, 0.2) is 48.6 Å². The van der Waals surface area contributed by atoms with E-state index in [0.717, 1.165) is 5.39 Å². The van der Waals surface area contributed by atoms with E-state index in [-0.39, 0.29) is 35.8 Å². The number of amides is 3. The van der Waals surface area contributed by atoms with Crippen LogP contribution >= 0.6 is 0 Å². The fourth-order valence-electron chi connectivity index (χ4n) is 5.26. The van der Waals surface area contributed by atoms with Crippen molar-refractivity contribution in [3.8, 4) is 0 Å². The maximum Gasteiger partial charge on any atom is 0.330 e. The zero-order valence-corrected chi connectivity index (χ0v) is 26.9. The van der Waals surface area contributed by atoms with Crippen molar-refractivity contribution in [2.45, 2.75) is 92.3 Å². The number of carbonyl (C=O) groups is 5. The molecule has 10 heteroatoms. The van der Waals surface area contributed by atoms with Gasteiger partial charge < -0.3 is 20.3 Å². The lowest BCUT2D eigenvalue weighted by molar-refractivity contribution is -0.142. The Morgan fingerprint density at radius 1 is 1.02 bits per heavy atom. The highest BCUT2D eigenvalue weighted by Gasteiger charge is 2.42. The number of fused-ring (bicyclic) bond motifs is 1. The molecular formula is C34H46N4O6. The Kier molecular flexibility index (Phi) is 11.4. The van der Waals surface area contributed by atoms with E-state index in [2.05, 4.69) is 15.6 Å². The fourth-order valence-corrected chi connectivity index (χ4v) is 5.26. The molecule has 3 atom stereocenters. The van der Waals surface area contributed by atoms with Gasteiger partial charge in [0.15, 0.2) is 0 Å². The third-order valence-corrected chi connectivity index (χ3v) is 7.31. The summed E-state index contributed by atoms with van der Waals surface area (Å²) in [5.41, 5.74) is -0.0440. The number of carbonyl (C=O) groups excluding carboxylic acids is 5. The van der Waals surface area contributed by atoms with E-state index in [4.69, 9.17) is 4.74 Å². The molecule has 1 aromatic carbocycles. The van der Waals surface area contributed by atoms with Crippen molar-refractivity contribution in [3.63, 3.8) is 0 Å². The summed E-state index contributed by atoms with van der Waals surface area (Å²) in [6, 6.07) is 8.42. The second kappa shape index (κ2) is 14.6. The van der Waals surface area contributed by atoms with Gasteiger partial charge in [-0.15, -0.1) is 0 Å². The van der Waals surface area contributed by atoms with Crippen LogP contribution in [0.1, 0.15) is 84.6 Å². The number of pyridine rings is 1. The van der Waals surface area contributed by atoms with E-state index >= 15 is 0 Å². The molecule has 238 valence electrons. The standard InChI is InChI=1S/C34H46N4O6/c1-8-44-28(40)18-16-23(20-24(39)21-33(2,3)4)35-31(42)27-14-11-19-38(27)32(43)29(34(5,6)7)37-30(41)26-17-15-22-12-9-10-13-25(22)36-26/h9-10,12-13,15-18,23,27,29H,8,11,14,19-21H2,1-7H3,(H,35,42)(H,37,41)/b18-16+/t23-,27-,29+/m1/s1. The third-order valence-electron chi connectivity index (χ3n) is 7.31. The highest BCUT2D eigenvalue weighted by Crippen LogP contribution is 2.27. The SMILES string of the molecule is CCOC(=O)/C=C/[C@H](CC(=O)CC(C)(C)C)NC(=O)[C@H]1CCCN1C(=O)[C@H](NC(=O)c1ccc2ccccc2n1)C(C)(C)C. The van der Waals surface area contributed by atoms with Crippen LogP contribution in [0.25, 0.3) is 10.9 Å². The molecule has 1 aromatic heterocycles. The first-order chi connectivity index (χ1) is 20.6. The summed E-state index contributed by atoms with van der Waals surface area (Å²) in [5, 5.41) is 6.65. The van der Waals surface area contributed by atoms with E-state index in [1.165, 1.54) is 17.1 Å². The van der Waals surface area contributed by atoms with Crippen molar-refractivity contribution in [3.05, 3.63) is 54.2 Å². The third kappa shape index (κ3) is 9.72. The number of nitrogens with one attached hydrogen (secondary N) is 2. The average molecular weight is 607 g/mol. The molecule has 1 aliphatic heterocycles. The van der Waals surface area contributed by atoms with E-state index in [9.17, 15) is 24.0 Å². The van der Waals surface area contributed by atoms with Crippen LogP contribution in [0.5, 0.6) is 0 Å². The number of likely N-dealkylation sites (tertiary alicyclic amines) is 1. The number of rotatable bonds is 11. The molecule has 0 unspecified atom stereocenters. The lowest BCUT2D eigenvalue weighted by atomic mass is 9.85. The Bertz CT molecular complexity index is 1400. The molecule has 0 bridgehead atoms. The van der Waals surface area contributed by atoms with E-state index < -0.39 is 41.3 Å². The Morgan fingerprint density at radius 2 is 1.73 bits per heavy atom. The quantitative estimate of drug-likeness (QED) is 0.287. The first kappa shape index (κ1) is 34.4. The maximum atomic E-state index is 14.0. The van der Waals surface area contributed by atoms with Gasteiger partial charge >= 0.3 is 5.97 Å². The van der Waals surface area contributed by atoms with Gasteiger partial charge in [0.05, 0.1) is 18.2 Å². The molecule has 0 spiro atoms. The molecule has 10 nitrogen and oxygen atoms in total. The predicted octanol–water partition coefficient (Wildman–Crippen LogP) is 4.37. The van der Waals surface area contributed by atoms with Crippen LogP contribution in [-0.2, 0) is 23.9 Å². The first-order valence-corrected chi connectivity index (χ1v) is 15.2. The second-order valence-electron chi connectivity index (χ2n) is 13.6. The van der Waals surface area contributed by atoms with Crippen molar-refractivity contribution >= 4 is 40.4 Å². The van der Waals surface area contributed by atoms with Crippen molar-refractivity contribution in [2.24, 2.45) is 10.8 Å². The van der Waals surface area contributed by atoms with Crippen molar-refractivity contribution in [1.29, 1.82) is 0 Å². The topological polar surface area (TPSA) is 135 Å². The molecule has 1 aliphatic rings. The highest BCUT2D eigenvalue weighted by atomic mass is 16.5. The van der Waals surface area contributed by atoms with Gasteiger partial charge in [-0.05, 0) is 42.7 Å². The van der Waals surface area contributed by atoms with Crippen LogP contribution in [0, 0.1) is 10.8 Å². The normalized spacial score (nSPS) is 16.9. The number of benzene rings is 1. The van der Waals surface area contributed by atoms with Gasteiger partial charge in [-0.25, -0.2) is 9.78 Å². The van der Waals surface area contributed by atoms with E-state index in [1.807, 2.05) is 71.9 Å². The number of nitrogens with zero attached hydrogens (tertiary/aromatic N) is 2. The van der Waals surface area contributed by atoms with Gasteiger partial charge in [0.1, 0.15) is 23.6 Å². The number of Topliss-reactive ketones (excluding diaryl/α,β-unsaturated/α-hetero) is 1. The zero-order chi connectivity index (χ0) is 32.7. The molecule has 2 N–H and O–H groups in total. The number of esters is 1. The Balaban J connectivity index is 1.78. The Morgan fingerprint density at radius 3 is 2.39 bits per heavy atom. The second-order valence-corrected chi connectivity index (χ2v) is 13.6. The van der Waals surface area contributed by atoms with E-state index in [0.29, 0.717) is 31.3 Å². The highest BCUT2D eigenvalue weighted by molar-refractivity contribution is 5.99. The molecule has 2 aromatic rings. The lowest BCUT2D eigenvalue weighted by Crippen LogP contribution is -2.58. The van der Waals surface area contributed by atoms with Gasteiger partial charge in [0, 0.05) is 30.8 Å². The number of ketones is 1. The molecule has 0 radical (unpaired) electrons. The largest absolute Gasteiger partial charge is 0.463 e. The lowest BCUT2D eigenvalue weighted by Gasteiger charge is -2.35. The van der Waals surface area contributed by atoms with Crippen molar-refractivity contribution in [2.75, 3.05) is 13.2 Å². The van der Waals surface area contributed by atoms with Crippen LogP contribution < -0.4 is 10.6 Å². The van der Waals surface area contributed by atoms with Gasteiger partial charge in [-0.2, -0.15) is 0 Å². The summed E-state index contributed by atoms with van der Waals surface area (Å²) >= 11 is 0. The molecule has 3 amide bonds. The molecular weight excluding hydrogens is 560 g/mol. The fraction of sp³-hybridized carbons (Fsp3) is 0.529. The first-order valence-electron chi connectivity index (χ1n) is 15.2. The van der Waals surface area contributed by atoms with E-state index in [1.54, 1.807) is 13.0 Å². The number of ether oxygens (including phenoxy) is 1. The number of para-hydroxylation sites is 1.